The number of hydrogen-bond donors (Lipinski definition) is 2. The summed E-state index contributed by atoms with van der Waals surface area (Å²) in [6.45, 7) is 1.40. The van der Waals surface area contributed by atoms with Gasteiger partial charge in [-0.05, 0) is 31.0 Å². The molecule has 2 fully saturated rings. The third-order valence-corrected chi connectivity index (χ3v) is 5.07. The molecule has 0 radical (unpaired) electrons. The van der Waals surface area contributed by atoms with Crippen molar-refractivity contribution in [1.29, 1.82) is 0 Å². The minimum absolute atomic E-state index is 0.0215. The molecule has 2 aliphatic rings. The molecule has 0 aliphatic carbocycles. The second kappa shape index (κ2) is 9.33. The van der Waals surface area contributed by atoms with Crippen LogP contribution >= 0.6 is 0 Å². The van der Waals surface area contributed by atoms with Crippen LogP contribution in [-0.4, -0.2) is 69.0 Å². The van der Waals surface area contributed by atoms with E-state index in [1.807, 2.05) is 36.0 Å². The summed E-state index contributed by atoms with van der Waals surface area (Å²) >= 11 is 0. The smallest absolute Gasteiger partial charge is 0.475 e. The summed E-state index contributed by atoms with van der Waals surface area (Å²) in [7, 11) is 1.87. The predicted octanol–water partition coefficient (Wildman–Crippen LogP) is 1.61. The van der Waals surface area contributed by atoms with Crippen LogP contribution in [0, 0.1) is 0 Å². The van der Waals surface area contributed by atoms with Crippen molar-refractivity contribution >= 4 is 17.8 Å². The number of nitrogens with zero attached hydrogens (tertiary/aromatic N) is 4. The minimum atomic E-state index is -5.08. The van der Waals surface area contributed by atoms with Crippen LogP contribution in [0.15, 0.2) is 36.8 Å². The van der Waals surface area contributed by atoms with Crippen molar-refractivity contribution in [2.24, 2.45) is 7.05 Å². The molecule has 31 heavy (non-hydrogen) atoms. The van der Waals surface area contributed by atoms with E-state index < -0.39 is 12.1 Å². The zero-order valence-corrected chi connectivity index (χ0v) is 16.6. The lowest BCUT2D eigenvalue weighted by Crippen LogP contribution is -2.47. The van der Waals surface area contributed by atoms with Gasteiger partial charge in [-0.3, -0.25) is 4.79 Å². The molecular formula is C19H22F3N5O4. The molecule has 2 aliphatic heterocycles. The van der Waals surface area contributed by atoms with Crippen LogP contribution in [0.3, 0.4) is 0 Å². The normalized spacial score (nSPS) is 22.8. The Morgan fingerprint density at radius 1 is 1.26 bits per heavy atom. The van der Waals surface area contributed by atoms with E-state index in [1.165, 1.54) is 0 Å². The number of fused-ring (bicyclic) bond motifs is 1. The van der Waals surface area contributed by atoms with E-state index in [0.717, 1.165) is 19.4 Å². The van der Waals surface area contributed by atoms with E-state index in [0.29, 0.717) is 18.2 Å². The molecular weight excluding hydrogens is 419 g/mol. The van der Waals surface area contributed by atoms with Gasteiger partial charge in [0.1, 0.15) is 5.69 Å². The van der Waals surface area contributed by atoms with Gasteiger partial charge in [0.15, 0.2) is 0 Å². The molecule has 4 heterocycles. The van der Waals surface area contributed by atoms with E-state index in [9.17, 15) is 18.0 Å². The van der Waals surface area contributed by atoms with Crippen LogP contribution in [0.1, 0.15) is 23.3 Å². The van der Waals surface area contributed by atoms with Crippen molar-refractivity contribution in [2.45, 2.75) is 37.2 Å². The molecule has 0 saturated carbocycles. The summed E-state index contributed by atoms with van der Waals surface area (Å²) in [5, 5.41) is 10.3. The van der Waals surface area contributed by atoms with Gasteiger partial charge < -0.3 is 24.6 Å². The number of aliphatic carboxylic acids is 1. The molecule has 9 nitrogen and oxygen atoms in total. The number of nitrogens with one attached hydrogen (secondary N) is 1. The number of rotatable bonds is 3. The van der Waals surface area contributed by atoms with Gasteiger partial charge in [-0.25, -0.2) is 14.8 Å². The molecule has 2 aromatic heterocycles. The average molecular weight is 441 g/mol. The number of aryl methyl sites for hydroxylation is 1. The Morgan fingerprint density at radius 2 is 1.94 bits per heavy atom. The molecule has 2 N–H and O–H groups in total. The van der Waals surface area contributed by atoms with E-state index >= 15 is 0 Å². The minimum Gasteiger partial charge on any atom is -0.475 e. The molecule has 3 atom stereocenters. The highest BCUT2D eigenvalue weighted by molar-refractivity contribution is 5.93. The maximum atomic E-state index is 12.6. The van der Waals surface area contributed by atoms with Gasteiger partial charge >= 0.3 is 12.1 Å². The van der Waals surface area contributed by atoms with Crippen LogP contribution in [0.2, 0.25) is 0 Å². The number of aromatic nitrogens is 3. The number of amides is 1. The number of carbonyl (C=O) groups is 2. The average Bonchev–Trinajstić information content (AvgIpc) is 3.32. The highest BCUT2D eigenvalue weighted by Crippen LogP contribution is 2.31. The Kier molecular flexibility index (Phi) is 6.78. The number of alkyl halides is 3. The Bertz CT molecular complexity index is 905. The second-order valence-corrected chi connectivity index (χ2v) is 7.13. The molecule has 0 bridgehead atoms. The van der Waals surface area contributed by atoms with Crippen molar-refractivity contribution in [3.63, 3.8) is 0 Å². The molecule has 1 amide bonds. The van der Waals surface area contributed by atoms with Gasteiger partial charge in [-0.1, -0.05) is 0 Å². The number of hydrogen-bond acceptors (Lipinski definition) is 6. The van der Waals surface area contributed by atoms with Gasteiger partial charge in [-0.15, -0.1) is 0 Å². The Balaban J connectivity index is 0.000000339. The van der Waals surface area contributed by atoms with Crippen molar-refractivity contribution < 1.29 is 32.6 Å². The van der Waals surface area contributed by atoms with Gasteiger partial charge in [0, 0.05) is 38.8 Å². The fourth-order valence-corrected chi connectivity index (χ4v) is 3.69. The standard InChI is InChI=1S/C17H21N5O2.C2HF3O2/c1-21-9-2-5-14(21)16(23)20-12-11-22(17-18-7-4-8-19-17)13-6-3-10-24-15(12)13;3-2(4,5)1(6)7/h2,4-5,7-9,12-13,15H,3,6,10-11H2,1H3,(H,20,23);(H,6,7)/t12-,13-,15-;/m1./s1. The van der Waals surface area contributed by atoms with Crippen molar-refractivity contribution in [1.82, 2.24) is 19.9 Å². The first-order chi connectivity index (χ1) is 14.7. The summed E-state index contributed by atoms with van der Waals surface area (Å²) in [4.78, 5) is 32.4. The van der Waals surface area contributed by atoms with Crippen molar-refractivity contribution in [3.05, 3.63) is 42.5 Å². The number of anilines is 1. The Hall–Kier alpha value is -3.15. The largest absolute Gasteiger partial charge is 0.490 e. The zero-order valence-electron chi connectivity index (χ0n) is 16.6. The highest BCUT2D eigenvalue weighted by Gasteiger charge is 2.45. The van der Waals surface area contributed by atoms with Crippen LogP contribution in [0.5, 0.6) is 0 Å². The fourth-order valence-electron chi connectivity index (χ4n) is 3.69. The monoisotopic (exact) mass is 441 g/mol. The molecule has 12 heteroatoms. The lowest BCUT2D eigenvalue weighted by atomic mass is 10.0. The number of carboxylic acid groups (broad SMARTS) is 1. The van der Waals surface area contributed by atoms with Crippen LogP contribution in [-0.2, 0) is 16.6 Å². The van der Waals surface area contributed by atoms with E-state index in [4.69, 9.17) is 14.6 Å². The summed E-state index contributed by atoms with van der Waals surface area (Å²) in [5.41, 5.74) is 0.650. The molecule has 168 valence electrons. The SMILES string of the molecule is Cn1cccc1C(=O)N[C@@H]1CN(c2ncccn2)[C@@H]2CCCO[C@@H]21.O=C(O)C(F)(F)F. The van der Waals surface area contributed by atoms with Crippen molar-refractivity contribution in [2.75, 3.05) is 18.1 Å². The highest BCUT2D eigenvalue weighted by atomic mass is 19.4. The quantitative estimate of drug-likeness (QED) is 0.745. The second-order valence-electron chi connectivity index (χ2n) is 7.13. The summed E-state index contributed by atoms with van der Waals surface area (Å²) < 4.78 is 39.6. The van der Waals surface area contributed by atoms with Gasteiger partial charge in [0.05, 0.1) is 18.2 Å². The summed E-state index contributed by atoms with van der Waals surface area (Å²) in [6.07, 6.45) is 2.30. The molecule has 0 aromatic carbocycles. The zero-order chi connectivity index (χ0) is 22.6. The Morgan fingerprint density at radius 3 is 2.52 bits per heavy atom. The molecule has 2 aromatic rings. The molecule has 0 spiro atoms. The summed E-state index contributed by atoms with van der Waals surface area (Å²) in [5.74, 6) is -2.13. The number of ether oxygens (including phenoxy) is 1. The van der Waals surface area contributed by atoms with Crippen LogP contribution < -0.4 is 10.2 Å². The summed E-state index contributed by atoms with van der Waals surface area (Å²) in [6, 6.07) is 5.64. The Labute approximate surface area is 175 Å². The molecule has 4 rings (SSSR count). The van der Waals surface area contributed by atoms with Gasteiger partial charge in [0.25, 0.3) is 5.91 Å². The first-order valence-corrected chi connectivity index (χ1v) is 9.56. The van der Waals surface area contributed by atoms with Gasteiger partial charge in [-0.2, -0.15) is 13.2 Å². The number of halogens is 3. The first-order valence-electron chi connectivity index (χ1n) is 9.56. The molecule has 0 unspecified atom stereocenters. The third kappa shape index (κ3) is 5.32. The number of carbonyl (C=O) groups excluding carboxylic acids is 1. The first kappa shape index (κ1) is 22.5. The molecule has 2 saturated heterocycles. The van der Waals surface area contributed by atoms with Crippen LogP contribution in [0.25, 0.3) is 0 Å². The lowest BCUT2D eigenvalue weighted by molar-refractivity contribution is -0.192. The lowest BCUT2D eigenvalue weighted by Gasteiger charge is -2.32. The van der Waals surface area contributed by atoms with E-state index in [1.54, 1.807) is 12.4 Å². The van der Waals surface area contributed by atoms with Crippen molar-refractivity contribution in [3.8, 4) is 0 Å². The predicted molar refractivity (Wildman–Crippen MR) is 102 cm³/mol. The van der Waals surface area contributed by atoms with Gasteiger partial charge in [0.2, 0.25) is 5.95 Å². The number of carboxylic acids is 1. The van der Waals surface area contributed by atoms with E-state index in [2.05, 4.69) is 20.2 Å². The maximum Gasteiger partial charge on any atom is 0.490 e. The third-order valence-electron chi connectivity index (χ3n) is 5.07. The van der Waals surface area contributed by atoms with Crippen LogP contribution in [0.4, 0.5) is 19.1 Å². The van der Waals surface area contributed by atoms with E-state index in [-0.39, 0.29) is 24.1 Å². The topological polar surface area (TPSA) is 110 Å². The fraction of sp³-hybridized carbons (Fsp3) is 0.474. The maximum absolute atomic E-state index is 12.6.